The smallest absolute Gasteiger partial charge is 0.183 e. The zero-order valence-corrected chi connectivity index (χ0v) is 7.72. The number of aliphatic hydroxyl groups is 1. The number of aldehydes is 1. The first-order valence-electron chi connectivity index (χ1n) is 4.03. The highest BCUT2D eigenvalue weighted by molar-refractivity contribution is 5.49. The highest BCUT2D eigenvalue weighted by Gasteiger charge is 1.91. The lowest BCUT2D eigenvalue weighted by molar-refractivity contribution is -0.366. The molecule has 0 bridgehead atoms. The molecule has 0 aliphatic carbocycles. The fourth-order valence-electron chi connectivity index (χ4n) is 0.446. The minimum atomic E-state index is -0.422. The number of ether oxygens (including phenoxy) is 1. The van der Waals surface area contributed by atoms with Crippen LogP contribution in [-0.2, 0) is 29.1 Å². The monoisotopic (exact) mass is 210 g/mol. The van der Waals surface area contributed by atoms with Gasteiger partial charge in [-0.25, -0.2) is 19.6 Å². The molecular formula is C7H14O7. The fraction of sp³-hybridized carbons (Fsp3) is 0.857. The molecule has 1 N–H and O–H groups in total. The van der Waals surface area contributed by atoms with Crippen LogP contribution in [0.4, 0.5) is 0 Å². The van der Waals surface area contributed by atoms with Crippen molar-refractivity contribution in [3.8, 4) is 0 Å². The van der Waals surface area contributed by atoms with E-state index in [0.717, 1.165) is 6.29 Å². The third-order valence-electron chi connectivity index (χ3n) is 0.958. The van der Waals surface area contributed by atoms with Gasteiger partial charge in [0.2, 0.25) is 0 Å². The van der Waals surface area contributed by atoms with Crippen molar-refractivity contribution in [1.29, 1.82) is 0 Å². The summed E-state index contributed by atoms with van der Waals surface area (Å²) in [5, 5.41) is 8.16. The van der Waals surface area contributed by atoms with Crippen LogP contribution in [-0.4, -0.2) is 44.8 Å². The summed E-state index contributed by atoms with van der Waals surface area (Å²) in [6.07, 6.45) is 1.02. The van der Waals surface area contributed by atoms with Gasteiger partial charge in [0.25, 0.3) is 0 Å². The van der Waals surface area contributed by atoms with E-state index in [1.807, 2.05) is 0 Å². The van der Waals surface area contributed by atoms with E-state index in [1.165, 1.54) is 0 Å². The Balaban J connectivity index is 2.81. The molecule has 0 spiro atoms. The van der Waals surface area contributed by atoms with Crippen LogP contribution in [0.2, 0.25) is 0 Å². The van der Waals surface area contributed by atoms with E-state index in [9.17, 15) is 4.79 Å². The standard InChI is InChI=1S/C7H14O7/c8-2-1-3-11-12-4-5-13-14-7-10-6-9/h2,9H,1,3-7H2. The third-order valence-corrected chi connectivity index (χ3v) is 0.958. The maximum absolute atomic E-state index is 9.83. The molecule has 0 aromatic carbocycles. The largest absolute Gasteiger partial charge is 0.371 e. The highest BCUT2D eigenvalue weighted by Crippen LogP contribution is 1.84. The first kappa shape index (κ1) is 13.4. The molecule has 0 aliphatic heterocycles. The average Bonchev–Trinajstić information content (AvgIpc) is 2.21. The molecular weight excluding hydrogens is 196 g/mol. The SMILES string of the molecule is O=CCCOOCCOOCOCO. The van der Waals surface area contributed by atoms with Crippen molar-refractivity contribution in [2.24, 2.45) is 0 Å². The molecule has 0 heterocycles. The molecule has 0 rings (SSSR count). The molecule has 0 fully saturated rings. The molecule has 0 amide bonds. The van der Waals surface area contributed by atoms with Crippen molar-refractivity contribution in [2.45, 2.75) is 6.42 Å². The molecule has 0 aliphatic rings. The lowest BCUT2D eigenvalue weighted by Crippen LogP contribution is -2.08. The summed E-state index contributed by atoms with van der Waals surface area (Å²) in [5.41, 5.74) is 0. The fourth-order valence-corrected chi connectivity index (χ4v) is 0.446. The minimum Gasteiger partial charge on any atom is -0.371 e. The molecule has 0 aromatic rings. The Morgan fingerprint density at radius 2 is 1.64 bits per heavy atom. The second-order valence-corrected chi connectivity index (χ2v) is 1.99. The van der Waals surface area contributed by atoms with E-state index >= 15 is 0 Å². The zero-order chi connectivity index (χ0) is 10.5. The molecule has 84 valence electrons. The molecule has 0 saturated heterocycles. The predicted molar refractivity (Wildman–Crippen MR) is 42.7 cm³/mol. The summed E-state index contributed by atoms with van der Waals surface area (Å²) in [5.74, 6) is 0. The number of hydrogen-bond donors (Lipinski definition) is 1. The number of aliphatic hydroxyl groups excluding tert-OH is 1. The van der Waals surface area contributed by atoms with Gasteiger partial charge in [0.1, 0.15) is 26.3 Å². The third kappa shape index (κ3) is 11.4. The van der Waals surface area contributed by atoms with Crippen LogP contribution in [0.25, 0.3) is 0 Å². The normalized spacial score (nSPS) is 10.4. The van der Waals surface area contributed by atoms with Gasteiger partial charge in [-0.3, -0.25) is 0 Å². The molecule has 0 radical (unpaired) electrons. The Morgan fingerprint density at radius 3 is 2.29 bits per heavy atom. The molecule has 0 unspecified atom stereocenters. The van der Waals surface area contributed by atoms with E-state index < -0.39 is 6.79 Å². The van der Waals surface area contributed by atoms with Gasteiger partial charge < -0.3 is 14.6 Å². The van der Waals surface area contributed by atoms with Crippen LogP contribution in [0.3, 0.4) is 0 Å². The first-order chi connectivity index (χ1) is 6.91. The lowest BCUT2D eigenvalue weighted by Gasteiger charge is -2.03. The molecule has 14 heavy (non-hydrogen) atoms. The van der Waals surface area contributed by atoms with Crippen LogP contribution in [0.5, 0.6) is 0 Å². The van der Waals surface area contributed by atoms with Gasteiger partial charge in [0.05, 0.1) is 6.61 Å². The Hall–Kier alpha value is -0.570. The number of carbonyl (C=O) groups excluding carboxylic acids is 1. The summed E-state index contributed by atoms with van der Waals surface area (Å²) < 4.78 is 4.39. The summed E-state index contributed by atoms with van der Waals surface area (Å²) in [7, 11) is 0. The van der Waals surface area contributed by atoms with E-state index in [0.29, 0.717) is 6.42 Å². The van der Waals surface area contributed by atoms with E-state index in [4.69, 9.17) is 5.11 Å². The van der Waals surface area contributed by atoms with Gasteiger partial charge in [-0.15, -0.1) is 0 Å². The van der Waals surface area contributed by atoms with Crippen molar-refractivity contribution in [3.05, 3.63) is 0 Å². The molecule has 0 saturated carbocycles. The Morgan fingerprint density at radius 1 is 1.00 bits per heavy atom. The van der Waals surface area contributed by atoms with Crippen molar-refractivity contribution >= 4 is 6.29 Å². The Bertz CT molecular complexity index is 119. The maximum atomic E-state index is 9.83. The van der Waals surface area contributed by atoms with Crippen LogP contribution in [0.1, 0.15) is 6.42 Å². The zero-order valence-electron chi connectivity index (χ0n) is 7.72. The van der Waals surface area contributed by atoms with E-state index in [-0.39, 0.29) is 26.6 Å². The predicted octanol–water partition coefficient (Wildman–Crippen LogP) is -0.604. The van der Waals surface area contributed by atoms with Crippen LogP contribution in [0.15, 0.2) is 0 Å². The first-order valence-corrected chi connectivity index (χ1v) is 4.03. The summed E-state index contributed by atoms with van der Waals surface area (Å²) in [4.78, 5) is 27.9. The Kier molecular flexibility index (Phi) is 11.9. The van der Waals surface area contributed by atoms with Gasteiger partial charge in [-0.2, -0.15) is 0 Å². The van der Waals surface area contributed by atoms with Crippen molar-refractivity contribution in [1.82, 2.24) is 0 Å². The summed E-state index contributed by atoms with van der Waals surface area (Å²) >= 11 is 0. The van der Waals surface area contributed by atoms with Gasteiger partial charge >= 0.3 is 0 Å². The number of hydrogen-bond acceptors (Lipinski definition) is 7. The lowest BCUT2D eigenvalue weighted by atomic mass is 10.5. The average molecular weight is 210 g/mol. The van der Waals surface area contributed by atoms with Gasteiger partial charge in [0.15, 0.2) is 6.79 Å². The molecule has 7 heteroatoms. The maximum Gasteiger partial charge on any atom is 0.183 e. The minimum absolute atomic E-state index is 0.150. The quantitative estimate of drug-likeness (QED) is 0.160. The highest BCUT2D eigenvalue weighted by atomic mass is 17.2. The van der Waals surface area contributed by atoms with Gasteiger partial charge in [0, 0.05) is 6.42 Å². The molecule has 0 aromatic heterocycles. The number of rotatable bonds is 11. The molecule has 0 atom stereocenters. The van der Waals surface area contributed by atoms with E-state index in [2.05, 4.69) is 24.3 Å². The van der Waals surface area contributed by atoms with Crippen molar-refractivity contribution in [3.63, 3.8) is 0 Å². The van der Waals surface area contributed by atoms with Crippen LogP contribution in [0, 0.1) is 0 Å². The summed E-state index contributed by atoms with van der Waals surface area (Å²) in [6.45, 7) is -0.0109. The van der Waals surface area contributed by atoms with Gasteiger partial charge in [-0.1, -0.05) is 0 Å². The second-order valence-electron chi connectivity index (χ2n) is 1.99. The van der Waals surface area contributed by atoms with Crippen molar-refractivity contribution < 1.29 is 34.2 Å². The molecule has 7 nitrogen and oxygen atoms in total. The van der Waals surface area contributed by atoms with Crippen LogP contribution < -0.4 is 0 Å². The Labute approximate surface area is 81.3 Å². The summed E-state index contributed by atoms with van der Waals surface area (Å²) in [6, 6.07) is 0. The van der Waals surface area contributed by atoms with Crippen molar-refractivity contribution in [2.75, 3.05) is 33.4 Å². The van der Waals surface area contributed by atoms with E-state index in [1.54, 1.807) is 0 Å². The topological polar surface area (TPSA) is 83.5 Å². The number of carbonyl (C=O) groups is 1. The van der Waals surface area contributed by atoms with Gasteiger partial charge in [-0.05, 0) is 0 Å². The van der Waals surface area contributed by atoms with Crippen LogP contribution >= 0.6 is 0 Å². The second kappa shape index (κ2) is 12.4.